The van der Waals surface area contributed by atoms with Crippen LogP contribution in [0.1, 0.15) is 313 Å². The molecule has 0 aliphatic heterocycles. The summed E-state index contributed by atoms with van der Waals surface area (Å²) >= 11 is 0. The second-order valence-corrected chi connectivity index (χ2v) is 25.9. The molecule has 0 unspecified atom stereocenters. The van der Waals surface area contributed by atoms with E-state index in [1.54, 1.807) is 0 Å². The first kappa shape index (κ1) is 79.2. The van der Waals surface area contributed by atoms with Gasteiger partial charge in [-0.25, -0.2) is 0 Å². The van der Waals surface area contributed by atoms with Crippen molar-refractivity contribution in [1.82, 2.24) is 31.9 Å². The zero-order valence-corrected chi connectivity index (χ0v) is 54.9. The van der Waals surface area contributed by atoms with E-state index in [4.69, 9.17) is 17.2 Å². The Morgan fingerprint density at radius 1 is 0.289 bits per heavy atom. The average Bonchev–Trinajstić information content (AvgIpc) is 3.44. The zero-order valence-electron chi connectivity index (χ0n) is 54.9. The number of primary amides is 1. The SMILES string of the molecule is CCCCCCCCCCCCCCCCC(CCCCCCCCCCCCCCCC)C(=O)N[C@@H](CCCCN)C(=O)N[C@@H](CC(C)C)C(=O)N[C@@H](C)C(=O)N[C@@H](CC(C)C)C(=O)N[C@@H](CCCCN)C(=O)N[C@@H](CC(C)C)C(N)=O. The molecule has 0 rings (SSSR count). The third-order valence-corrected chi connectivity index (χ3v) is 16.1. The van der Waals surface area contributed by atoms with Crippen LogP contribution in [0.3, 0.4) is 0 Å². The van der Waals surface area contributed by atoms with Crippen LogP contribution < -0.4 is 49.1 Å². The van der Waals surface area contributed by atoms with Crippen LogP contribution in [-0.2, 0) is 33.6 Å². The van der Waals surface area contributed by atoms with E-state index in [1.807, 2.05) is 41.5 Å². The van der Waals surface area contributed by atoms with Crippen molar-refractivity contribution in [2.24, 2.45) is 40.9 Å². The number of hydrogen-bond acceptors (Lipinski definition) is 9. The lowest BCUT2D eigenvalue weighted by Gasteiger charge is -2.28. The van der Waals surface area contributed by atoms with Gasteiger partial charge in [0.05, 0.1) is 0 Å². The van der Waals surface area contributed by atoms with Gasteiger partial charge in [-0.1, -0.05) is 235 Å². The van der Waals surface area contributed by atoms with Crippen LogP contribution >= 0.6 is 0 Å². The first-order valence-electron chi connectivity index (χ1n) is 34.3. The van der Waals surface area contributed by atoms with E-state index in [0.29, 0.717) is 51.6 Å². The normalized spacial score (nSPS) is 13.8. The molecule has 0 saturated carbocycles. The van der Waals surface area contributed by atoms with Crippen LogP contribution in [0.5, 0.6) is 0 Å². The highest BCUT2D eigenvalue weighted by Gasteiger charge is 2.33. The molecule has 0 heterocycles. The van der Waals surface area contributed by atoms with Crippen molar-refractivity contribution in [2.45, 2.75) is 349 Å². The van der Waals surface area contributed by atoms with Gasteiger partial charge in [0, 0.05) is 5.92 Å². The summed E-state index contributed by atoms with van der Waals surface area (Å²) in [7, 11) is 0. The van der Waals surface area contributed by atoms with Crippen molar-refractivity contribution in [3.8, 4) is 0 Å². The van der Waals surface area contributed by atoms with Crippen LogP contribution in [0, 0.1) is 23.7 Å². The number of carbonyl (C=O) groups is 7. The highest BCUT2D eigenvalue weighted by atomic mass is 16.2. The molecule has 0 saturated heterocycles. The highest BCUT2D eigenvalue weighted by Crippen LogP contribution is 2.22. The van der Waals surface area contributed by atoms with Gasteiger partial charge in [-0.05, 0) is 108 Å². The molecule has 16 heteroatoms. The van der Waals surface area contributed by atoms with Crippen LogP contribution in [0.4, 0.5) is 0 Å². The summed E-state index contributed by atoms with van der Waals surface area (Å²) in [6.45, 7) is 18.4. The van der Waals surface area contributed by atoms with Gasteiger partial charge in [-0.2, -0.15) is 0 Å². The molecule has 6 atom stereocenters. The van der Waals surface area contributed by atoms with Crippen molar-refractivity contribution in [2.75, 3.05) is 13.1 Å². The largest absolute Gasteiger partial charge is 0.368 e. The van der Waals surface area contributed by atoms with Gasteiger partial charge in [0.1, 0.15) is 36.3 Å². The van der Waals surface area contributed by atoms with E-state index < -0.39 is 71.7 Å². The number of nitrogens with one attached hydrogen (secondary N) is 6. The quantitative estimate of drug-likeness (QED) is 0.0262. The summed E-state index contributed by atoms with van der Waals surface area (Å²) in [6, 6.07) is -6.02. The Labute approximate surface area is 507 Å². The van der Waals surface area contributed by atoms with Gasteiger partial charge in [0.15, 0.2) is 0 Å². The van der Waals surface area contributed by atoms with Gasteiger partial charge in [-0.3, -0.25) is 33.6 Å². The average molecular weight is 1170 g/mol. The minimum absolute atomic E-state index is 0.0159. The number of rotatable bonds is 57. The fourth-order valence-electron chi connectivity index (χ4n) is 11.0. The Kier molecular flexibility index (Phi) is 50.1. The molecular formula is C67H131N9O7. The lowest BCUT2D eigenvalue weighted by atomic mass is 9.92. The molecule has 0 aromatic heterocycles. The van der Waals surface area contributed by atoms with E-state index in [2.05, 4.69) is 45.7 Å². The summed E-state index contributed by atoms with van der Waals surface area (Å²) in [5, 5.41) is 17.2. The summed E-state index contributed by atoms with van der Waals surface area (Å²) in [4.78, 5) is 96.5. The molecule has 0 spiro atoms. The monoisotopic (exact) mass is 1170 g/mol. The Hall–Kier alpha value is -3.79. The first-order chi connectivity index (χ1) is 39.8. The van der Waals surface area contributed by atoms with Crippen LogP contribution in [0.2, 0.25) is 0 Å². The standard InChI is InChI=1S/C67H131N9O7/c1-10-12-14-16-18-20-22-24-26-28-30-32-34-36-42-55(43-37-35-33-31-29-27-25-23-21-19-17-15-13-11-2)63(79)72-56(44-38-40-46-68)65(81)76-59(49-52(5)6)66(82)71-54(9)62(78)75-60(50-53(7)8)67(83)73-57(45-39-41-47-69)64(80)74-58(61(70)77)48-51(3)4/h51-60H,10-50,68-69H2,1-9H3,(H2,70,77)(H,71,82)(H,72,79)(H,73,83)(H,74,80)(H,75,78)(H,76,81)/t54-,56-,57-,58-,59-,60-/m0/s1. The molecule has 12 N–H and O–H groups in total. The van der Waals surface area contributed by atoms with Gasteiger partial charge in [-0.15, -0.1) is 0 Å². The van der Waals surface area contributed by atoms with E-state index in [0.717, 1.165) is 51.4 Å². The molecule has 0 bridgehead atoms. The molecule has 7 amide bonds. The van der Waals surface area contributed by atoms with Crippen LogP contribution in [-0.4, -0.2) is 90.7 Å². The number of amides is 7. The predicted molar refractivity (Wildman–Crippen MR) is 344 cm³/mol. The minimum atomic E-state index is -1.11. The van der Waals surface area contributed by atoms with Crippen molar-refractivity contribution in [3.05, 3.63) is 0 Å². The highest BCUT2D eigenvalue weighted by molar-refractivity contribution is 5.97. The molecule has 0 radical (unpaired) electrons. The fourth-order valence-corrected chi connectivity index (χ4v) is 11.0. The van der Waals surface area contributed by atoms with Gasteiger partial charge in [0.25, 0.3) is 0 Å². The third kappa shape index (κ3) is 43.5. The van der Waals surface area contributed by atoms with Crippen LogP contribution in [0.15, 0.2) is 0 Å². The van der Waals surface area contributed by atoms with Crippen molar-refractivity contribution < 1.29 is 33.6 Å². The Bertz CT molecular complexity index is 1650. The second-order valence-electron chi connectivity index (χ2n) is 25.9. The van der Waals surface area contributed by atoms with E-state index in [-0.39, 0.29) is 48.8 Å². The molecule has 0 aromatic rings. The smallest absolute Gasteiger partial charge is 0.243 e. The second kappa shape index (κ2) is 52.5. The Morgan fingerprint density at radius 3 is 0.867 bits per heavy atom. The minimum Gasteiger partial charge on any atom is -0.368 e. The first-order valence-corrected chi connectivity index (χ1v) is 34.3. The van der Waals surface area contributed by atoms with Crippen LogP contribution in [0.25, 0.3) is 0 Å². The Balaban J connectivity index is 6.03. The van der Waals surface area contributed by atoms with Crippen molar-refractivity contribution in [1.29, 1.82) is 0 Å². The summed E-state index contributed by atoms with van der Waals surface area (Å²) < 4.78 is 0. The molecule has 16 nitrogen and oxygen atoms in total. The summed E-state index contributed by atoms with van der Waals surface area (Å²) in [6.07, 6.45) is 40.9. The van der Waals surface area contributed by atoms with E-state index in [1.165, 1.54) is 148 Å². The maximum atomic E-state index is 14.4. The summed E-state index contributed by atoms with van der Waals surface area (Å²) in [5.74, 6) is -3.79. The maximum absolute atomic E-state index is 14.4. The topological polar surface area (TPSA) is 270 Å². The Morgan fingerprint density at radius 2 is 0.542 bits per heavy atom. The third-order valence-electron chi connectivity index (χ3n) is 16.1. The number of nitrogens with two attached hydrogens (primary N) is 3. The molecule has 83 heavy (non-hydrogen) atoms. The molecular weight excluding hydrogens is 1040 g/mol. The summed E-state index contributed by atoms with van der Waals surface area (Å²) in [5.41, 5.74) is 17.3. The maximum Gasteiger partial charge on any atom is 0.243 e. The van der Waals surface area contributed by atoms with E-state index in [9.17, 15) is 33.6 Å². The molecule has 0 aromatic carbocycles. The molecule has 0 aliphatic carbocycles. The van der Waals surface area contributed by atoms with Gasteiger partial charge in [0.2, 0.25) is 41.4 Å². The molecule has 0 aliphatic rings. The predicted octanol–water partition coefficient (Wildman–Crippen LogP) is 12.2. The van der Waals surface area contributed by atoms with Crippen molar-refractivity contribution in [3.63, 3.8) is 0 Å². The fraction of sp³-hybridized carbons (Fsp3) is 0.896. The van der Waals surface area contributed by atoms with Gasteiger partial charge < -0.3 is 49.1 Å². The molecule has 0 fully saturated rings. The van der Waals surface area contributed by atoms with Crippen molar-refractivity contribution >= 4 is 41.4 Å². The lowest BCUT2D eigenvalue weighted by Crippen LogP contribution is -2.59. The number of carbonyl (C=O) groups excluding carboxylic acids is 7. The number of hydrogen-bond donors (Lipinski definition) is 9. The molecule has 486 valence electrons. The van der Waals surface area contributed by atoms with Gasteiger partial charge >= 0.3 is 0 Å². The zero-order chi connectivity index (χ0) is 62.0. The lowest BCUT2D eigenvalue weighted by molar-refractivity contribution is -0.136. The number of unbranched alkanes of at least 4 members (excludes halogenated alkanes) is 28. The van der Waals surface area contributed by atoms with E-state index >= 15 is 0 Å².